The van der Waals surface area contributed by atoms with Gasteiger partial charge in [-0.25, -0.2) is 17.6 Å². The summed E-state index contributed by atoms with van der Waals surface area (Å²) in [6.45, 7) is 2.55. The maximum atomic E-state index is 13.8. The van der Waals surface area contributed by atoms with Gasteiger partial charge in [-0.15, -0.1) is 0 Å². The Balaban J connectivity index is 3.16. The van der Waals surface area contributed by atoms with Crippen LogP contribution in [-0.2, 0) is 19.4 Å². The number of hydrogen-bond donors (Lipinski definition) is 2. The van der Waals surface area contributed by atoms with Gasteiger partial charge in [0.05, 0.1) is 10.9 Å². The van der Waals surface area contributed by atoms with E-state index in [1.165, 1.54) is 30.3 Å². The van der Waals surface area contributed by atoms with Crippen molar-refractivity contribution < 1.29 is 32.2 Å². The molecule has 29 heavy (non-hydrogen) atoms. The van der Waals surface area contributed by atoms with Crippen LogP contribution in [0.1, 0.15) is 24.3 Å². The number of sulfone groups is 1. The zero-order valence-corrected chi connectivity index (χ0v) is 17.9. The highest BCUT2D eigenvalue weighted by atomic mass is 35.5. The minimum atomic E-state index is -3.42. The largest absolute Gasteiger partial charge is 0.506 e. The monoisotopic (exact) mass is 469 g/mol. The Labute approximate surface area is 178 Å². The van der Waals surface area contributed by atoms with Crippen molar-refractivity contribution in [1.82, 2.24) is 5.32 Å². The van der Waals surface area contributed by atoms with Gasteiger partial charge >= 0.3 is 6.16 Å². The van der Waals surface area contributed by atoms with Crippen LogP contribution in [0.3, 0.4) is 0 Å². The van der Waals surface area contributed by atoms with E-state index in [-0.39, 0.29) is 17.7 Å². The summed E-state index contributed by atoms with van der Waals surface area (Å²) in [5, 5.41) is 11.2. The Hall–Kier alpha value is -1.84. The summed E-state index contributed by atoms with van der Waals surface area (Å²) < 4.78 is 41.7. The van der Waals surface area contributed by atoms with Gasteiger partial charge in [-0.3, -0.25) is 4.79 Å². The summed E-state index contributed by atoms with van der Waals surface area (Å²) in [7, 11) is -3.42. The van der Waals surface area contributed by atoms with Crippen molar-refractivity contribution in [3.05, 3.63) is 42.5 Å². The van der Waals surface area contributed by atoms with E-state index >= 15 is 0 Å². The lowest BCUT2D eigenvalue weighted by molar-refractivity contribution is -0.120. The molecule has 0 aliphatic carbocycles. The van der Waals surface area contributed by atoms with E-state index < -0.39 is 51.5 Å². The molecule has 7 nitrogen and oxygen atoms in total. The van der Waals surface area contributed by atoms with E-state index in [1.807, 2.05) is 0 Å². The highest BCUT2D eigenvalue weighted by molar-refractivity contribution is 7.90. The maximum Gasteiger partial charge on any atom is 0.506 e. The number of carboxylic acid groups (broad SMARTS) is 1. The Kier molecular flexibility index (Phi) is 9.88. The van der Waals surface area contributed by atoms with Gasteiger partial charge in [-0.05, 0) is 30.5 Å². The lowest BCUT2D eigenvalue weighted by Crippen LogP contribution is -2.43. The van der Waals surface area contributed by atoms with Gasteiger partial charge < -0.3 is 15.2 Å². The van der Waals surface area contributed by atoms with E-state index in [2.05, 4.69) is 16.6 Å². The number of ether oxygens (including phenoxy) is 1. The van der Waals surface area contributed by atoms with Gasteiger partial charge in [0.1, 0.15) is 12.8 Å². The number of hydrogen-bond acceptors (Lipinski definition) is 5. The second-order valence-corrected chi connectivity index (χ2v) is 9.37. The Bertz CT molecular complexity index is 816. The number of nitrogens with one attached hydrogen (secondary N) is 1. The van der Waals surface area contributed by atoms with Crippen LogP contribution in [-0.4, -0.2) is 55.5 Å². The second kappa shape index (κ2) is 11.4. The molecule has 0 saturated carbocycles. The van der Waals surface area contributed by atoms with Crippen LogP contribution in [0.25, 0.3) is 0 Å². The van der Waals surface area contributed by atoms with Gasteiger partial charge in [0.2, 0.25) is 0 Å². The molecule has 162 valence electrons. The molecule has 0 radical (unpaired) electrons. The Morgan fingerprint density at radius 1 is 1.28 bits per heavy atom. The predicted octanol–water partition coefficient (Wildman–Crippen LogP) is 3.46. The number of halogens is 3. The normalized spacial score (nSPS) is 14.7. The van der Waals surface area contributed by atoms with E-state index in [4.69, 9.17) is 28.3 Å². The van der Waals surface area contributed by atoms with Crippen LogP contribution in [0.4, 0.5) is 9.18 Å². The minimum Gasteiger partial charge on any atom is -0.450 e. The first kappa shape index (κ1) is 25.2. The lowest BCUT2D eigenvalue weighted by Gasteiger charge is -2.28. The molecule has 0 aliphatic rings. The number of rotatable bonds is 11. The third kappa shape index (κ3) is 8.20. The third-order valence-corrected chi connectivity index (χ3v) is 5.72. The third-order valence-electron chi connectivity index (χ3n) is 4.19. The van der Waals surface area contributed by atoms with Crippen molar-refractivity contribution in [2.45, 2.75) is 40.6 Å². The van der Waals surface area contributed by atoms with Gasteiger partial charge in [-0.1, -0.05) is 48.0 Å². The molecule has 11 heteroatoms. The summed E-state index contributed by atoms with van der Waals surface area (Å²) in [5.74, 6) is -1.42. The summed E-state index contributed by atoms with van der Waals surface area (Å²) in [6.07, 6.45) is 0.400. The Morgan fingerprint density at radius 2 is 1.86 bits per heavy atom. The number of alkyl halides is 3. The molecule has 0 fully saturated rings. The Morgan fingerprint density at radius 3 is 2.28 bits per heavy atom. The van der Waals surface area contributed by atoms with Crippen molar-refractivity contribution in [1.29, 1.82) is 0 Å². The van der Waals surface area contributed by atoms with Gasteiger partial charge in [-0.2, -0.15) is 0 Å². The first-order valence-electron chi connectivity index (χ1n) is 8.46. The predicted molar refractivity (Wildman–Crippen MR) is 108 cm³/mol. The number of carbonyl (C=O) groups excluding carboxylic acids is 1. The first-order valence-corrected chi connectivity index (χ1v) is 11.2. The molecule has 0 saturated heterocycles. The quantitative estimate of drug-likeness (QED) is 0.291. The number of carbonyl (C=O) groups is 2. The van der Waals surface area contributed by atoms with Crippen molar-refractivity contribution >= 4 is 45.1 Å². The molecular weight excluding hydrogens is 448 g/mol. The summed E-state index contributed by atoms with van der Waals surface area (Å²) in [4.78, 5) is 21.3. The van der Waals surface area contributed by atoms with E-state index in [0.717, 1.165) is 6.26 Å². The molecule has 1 rings (SSSR count). The van der Waals surface area contributed by atoms with Crippen LogP contribution in [0.15, 0.2) is 41.8 Å². The van der Waals surface area contributed by atoms with Crippen molar-refractivity contribution in [3.8, 4) is 0 Å². The van der Waals surface area contributed by atoms with Crippen molar-refractivity contribution in [2.75, 3.05) is 12.9 Å². The average Bonchev–Trinajstić information content (AvgIpc) is 2.65. The fourth-order valence-corrected chi connectivity index (χ4v) is 3.51. The van der Waals surface area contributed by atoms with Gasteiger partial charge in [0.25, 0.3) is 5.91 Å². The molecule has 0 aliphatic heterocycles. The zero-order chi connectivity index (χ0) is 22.2. The molecule has 0 spiro atoms. The highest BCUT2D eigenvalue weighted by Crippen LogP contribution is 2.28. The smallest absolute Gasteiger partial charge is 0.450 e. The SMILES string of the molecule is C=CC(CC[C@H](c1ccc(S(C)(=O)=O)cc1)[C@@H](CF)NC(=O)C(Cl)Cl)OC(=O)O. The average molecular weight is 470 g/mol. The molecule has 0 heterocycles. The van der Waals surface area contributed by atoms with Crippen LogP contribution >= 0.6 is 23.2 Å². The van der Waals surface area contributed by atoms with Gasteiger partial charge in [0, 0.05) is 12.2 Å². The van der Waals surface area contributed by atoms with Crippen LogP contribution in [0.2, 0.25) is 0 Å². The molecule has 1 aromatic rings. The zero-order valence-electron chi connectivity index (χ0n) is 15.6. The molecule has 1 unspecified atom stereocenters. The van der Waals surface area contributed by atoms with E-state index in [9.17, 15) is 22.4 Å². The summed E-state index contributed by atoms with van der Waals surface area (Å²) in [5.41, 5.74) is 0.541. The molecule has 0 bridgehead atoms. The van der Waals surface area contributed by atoms with Gasteiger partial charge in [0.15, 0.2) is 14.7 Å². The van der Waals surface area contributed by atoms with Crippen molar-refractivity contribution in [3.63, 3.8) is 0 Å². The fraction of sp³-hybridized carbons (Fsp3) is 0.444. The highest BCUT2D eigenvalue weighted by Gasteiger charge is 2.28. The topological polar surface area (TPSA) is 110 Å². The van der Waals surface area contributed by atoms with Crippen LogP contribution < -0.4 is 5.32 Å². The number of benzene rings is 1. The van der Waals surface area contributed by atoms with Crippen LogP contribution in [0.5, 0.6) is 0 Å². The molecule has 1 aromatic carbocycles. The summed E-state index contributed by atoms with van der Waals surface area (Å²) in [6, 6.07) is 4.74. The fourth-order valence-electron chi connectivity index (χ4n) is 2.75. The van der Waals surface area contributed by atoms with Crippen LogP contribution in [0, 0.1) is 0 Å². The van der Waals surface area contributed by atoms with E-state index in [1.54, 1.807) is 0 Å². The van der Waals surface area contributed by atoms with Crippen molar-refractivity contribution in [2.24, 2.45) is 0 Å². The minimum absolute atomic E-state index is 0.0839. The molecule has 1 amide bonds. The molecule has 0 aromatic heterocycles. The standard InChI is InChI=1S/C18H22Cl2FNO6S/c1-3-12(28-18(24)25)6-9-14(15(10-21)22-17(23)16(19)20)11-4-7-13(8-5-11)29(2,26)27/h3-5,7-8,12,14-16H,1,6,9-10H2,2H3,(H,22,23)(H,24,25)/t12?,14-,15-/m1/s1. The summed E-state index contributed by atoms with van der Waals surface area (Å²) >= 11 is 11.0. The molecule has 2 N–H and O–H groups in total. The van der Waals surface area contributed by atoms with E-state index in [0.29, 0.717) is 5.56 Å². The molecular formula is C18H22Cl2FNO6S. The lowest BCUT2D eigenvalue weighted by atomic mass is 9.87. The maximum absolute atomic E-state index is 13.8. The first-order chi connectivity index (χ1) is 13.5. The molecule has 3 atom stereocenters. The number of amides is 1. The second-order valence-electron chi connectivity index (χ2n) is 6.25.